The zero-order valence-electron chi connectivity index (χ0n) is 11.1. The second-order valence-corrected chi connectivity index (χ2v) is 4.85. The molecule has 1 atom stereocenters. The number of fused-ring (bicyclic) bond motifs is 1. The molecule has 102 valence electrons. The van der Waals surface area contributed by atoms with Gasteiger partial charge in [-0.15, -0.1) is 0 Å². The number of hydrogen-bond donors (Lipinski definition) is 1. The van der Waals surface area contributed by atoms with Gasteiger partial charge in [-0.05, 0) is 31.9 Å². The molecule has 6 heteroatoms. The lowest BCUT2D eigenvalue weighted by Crippen LogP contribution is -2.23. The van der Waals surface area contributed by atoms with Crippen molar-refractivity contribution >= 4 is 5.69 Å². The van der Waals surface area contributed by atoms with Crippen molar-refractivity contribution in [1.29, 1.82) is 5.26 Å². The normalized spacial score (nSPS) is 17.4. The van der Waals surface area contributed by atoms with Crippen molar-refractivity contribution < 1.29 is 4.39 Å². The summed E-state index contributed by atoms with van der Waals surface area (Å²) in [5.74, 6) is 1.07. The van der Waals surface area contributed by atoms with Crippen LogP contribution in [0.1, 0.15) is 36.1 Å². The van der Waals surface area contributed by atoms with Gasteiger partial charge >= 0.3 is 0 Å². The second kappa shape index (κ2) is 4.93. The van der Waals surface area contributed by atoms with Gasteiger partial charge in [0, 0.05) is 6.54 Å². The van der Waals surface area contributed by atoms with Crippen LogP contribution >= 0.6 is 0 Å². The lowest BCUT2D eigenvalue weighted by atomic mass is 10.1. The summed E-state index contributed by atoms with van der Waals surface area (Å²) in [6, 6.07) is 6.46. The Bertz CT molecular complexity index is 685. The molecule has 1 N–H and O–H groups in total. The van der Waals surface area contributed by atoms with Gasteiger partial charge < -0.3 is 5.32 Å². The Hall–Kier alpha value is -2.42. The van der Waals surface area contributed by atoms with Gasteiger partial charge in [-0.1, -0.05) is 6.07 Å². The third-order valence-corrected chi connectivity index (χ3v) is 3.44. The number of aryl methyl sites for hydroxylation is 2. The molecule has 1 aliphatic heterocycles. The monoisotopic (exact) mass is 271 g/mol. The van der Waals surface area contributed by atoms with Crippen LogP contribution in [0.3, 0.4) is 0 Å². The molecule has 0 saturated carbocycles. The van der Waals surface area contributed by atoms with E-state index in [2.05, 4.69) is 15.4 Å². The SMILES string of the molecule is Cc1nc2n(n1)CCCC2Nc1cccc(F)c1C#N. The number of rotatable bonds is 2. The maximum Gasteiger partial charge on any atom is 0.149 e. The van der Waals surface area contributed by atoms with Crippen molar-refractivity contribution in [3.63, 3.8) is 0 Å². The molecule has 3 rings (SSSR count). The van der Waals surface area contributed by atoms with Crippen molar-refractivity contribution in [3.8, 4) is 6.07 Å². The van der Waals surface area contributed by atoms with Crippen LogP contribution in [0.2, 0.25) is 0 Å². The average Bonchev–Trinajstić information content (AvgIpc) is 2.80. The highest BCUT2D eigenvalue weighted by Gasteiger charge is 2.24. The predicted octanol–water partition coefficient (Wildman–Crippen LogP) is 2.54. The van der Waals surface area contributed by atoms with Crippen LogP contribution < -0.4 is 5.32 Å². The van der Waals surface area contributed by atoms with E-state index < -0.39 is 5.82 Å². The molecule has 1 aliphatic rings. The summed E-state index contributed by atoms with van der Waals surface area (Å²) in [6.07, 6.45) is 1.87. The van der Waals surface area contributed by atoms with Crippen LogP contribution in [0.25, 0.3) is 0 Å². The van der Waals surface area contributed by atoms with Crippen molar-refractivity contribution in [1.82, 2.24) is 14.8 Å². The van der Waals surface area contributed by atoms with Gasteiger partial charge in [-0.2, -0.15) is 10.4 Å². The van der Waals surface area contributed by atoms with Gasteiger partial charge in [0.05, 0.1) is 11.7 Å². The fraction of sp³-hybridized carbons (Fsp3) is 0.357. The van der Waals surface area contributed by atoms with E-state index in [0.717, 1.165) is 31.0 Å². The van der Waals surface area contributed by atoms with Gasteiger partial charge in [-0.3, -0.25) is 0 Å². The van der Waals surface area contributed by atoms with E-state index in [1.807, 2.05) is 17.7 Å². The van der Waals surface area contributed by atoms with Gasteiger partial charge in [0.15, 0.2) is 0 Å². The number of nitrogens with one attached hydrogen (secondary N) is 1. The molecule has 1 unspecified atom stereocenters. The van der Waals surface area contributed by atoms with E-state index in [1.54, 1.807) is 12.1 Å². The number of hydrogen-bond acceptors (Lipinski definition) is 4. The molecule has 0 amide bonds. The van der Waals surface area contributed by atoms with Crippen LogP contribution in [0.5, 0.6) is 0 Å². The van der Waals surface area contributed by atoms with Crippen LogP contribution in [0.15, 0.2) is 18.2 Å². The molecule has 0 fully saturated rings. The zero-order valence-corrected chi connectivity index (χ0v) is 11.1. The third kappa shape index (κ3) is 2.11. The number of anilines is 1. The van der Waals surface area contributed by atoms with Crippen molar-refractivity contribution in [2.24, 2.45) is 0 Å². The summed E-state index contributed by atoms with van der Waals surface area (Å²) in [7, 11) is 0. The minimum Gasteiger partial charge on any atom is -0.374 e. The maximum atomic E-state index is 13.6. The van der Waals surface area contributed by atoms with Crippen LogP contribution in [-0.2, 0) is 6.54 Å². The summed E-state index contributed by atoms with van der Waals surface area (Å²) in [5.41, 5.74) is 0.549. The van der Waals surface area contributed by atoms with Gasteiger partial charge in [-0.25, -0.2) is 14.1 Å². The third-order valence-electron chi connectivity index (χ3n) is 3.44. The smallest absolute Gasteiger partial charge is 0.149 e. The molecule has 1 aromatic heterocycles. The Morgan fingerprint density at radius 3 is 3.15 bits per heavy atom. The molecule has 20 heavy (non-hydrogen) atoms. The summed E-state index contributed by atoms with van der Waals surface area (Å²) >= 11 is 0. The topological polar surface area (TPSA) is 66.5 Å². The van der Waals surface area contributed by atoms with Crippen molar-refractivity contribution in [3.05, 3.63) is 41.2 Å². The molecule has 0 saturated heterocycles. The molecule has 0 radical (unpaired) electrons. The summed E-state index contributed by atoms with van der Waals surface area (Å²) in [4.78, 5) is 4.42. The predicted molar refractivity (Wildman–Crippen MR) is 71.5 cm³/mol. The van der Waals surface area contributed by atoms with E-state index in [0.29, 0.717) is 5.69 Å². The highest BCUT2D eigenvalue weighted by Crippen LogP contribution is 2.29. The lowest BCUT2D eigenvalue weighted by molar-refractivity contribution is 0.437. The summed E-state index contributed by atoms with van der Waals surface area (Å²) in [5, 5.41) is 16.6. The molecule has 1 aromatic carbocycles. The molecule has 2 heterocycles. The van der Waals surface area contributed by atoms with E-state index in [4.69, 9.17) is 5.26 Å². The first-order valence-electron chi connectivity index (χ1n) is 6.55. The van der Waals surface area contributed by atoms with Crippen molar-refractivity contribution in [2.75, 3.05) is 5.32 Å². The average molecular weight is 271 g/mol. The van der Waals surface area contributed by atoms with E-state index in [-0.39, 0.29) is 11.6 Å². The molecule has 0 bridgehead atoms. The summed E-state index contributed by atoms with van der Waals surface area (Å²) in [6.45, 7) is 2.70. The number of benzene rings is 1. The van der Waals surface area contributed by atoms with E-state index in [1.165, 1.54) is 6.07 Å². The Morgan fingerprint density at radius 2 is 2.35 bits per heavy atom. The van der Waals surface area contributed by atoms with Gasteiger partial charge in [0.1, 0.15) is 29.1 Å². The first-order valence-corrected chi connectivity index (χ1v) is 6.55. The number of nitriles is 1. The second-order valence-electron chi connectivity index (χ2n) is 4.85. The van der Waals surface area contributed by atoms with Crippen LogP contribution in [0.4, 0.5) is 10.1 Å². The molecular formula is C14H14FN5. The van der Waals surface area contributed by atoms with E-state index in [9.17, 15) is 4.39 Å². The van der Waals surface area contributed by atoms with Crippen LogP contribution in [0, 0.1) is 24.1 Å². The zero-order chi connectivity index (χ0) is 14.1. The Kier molecular flexibility index (Phi) is 3.11. The Labute approximate surface area is 116 Å². The van der Waals surface area contributed by atoms with Crippen molar-refractivity contribution in [2.45, 2.75) is 32.4 Å². The fourth-order valence-corrected chi connectivity index (χ4v) is 2.55. The highest BCUT2D eigenvalue weighted by molar-refractivity contribution is 5.58. The van der Waals surface area contributed by atoms with Gasteiger partial charge in [0.2, 0.25) is 0 Å². The van der Waals surface area contributed by atoms with E-state index >= 15 is 0 Å². The number of aromatic nitrogens is 3. The van der Waals surface area contributed by atoms with Gasteiger partial charge in [0.25, 0.3) is 0 Å². The molecule has 0 spiro atoms. The van der Waals surface area contributed by atoms with Crippen LogP contribution in [-0.4, -0.2) is 14.8 Å². The summed E-state index contributed by atoms with van der Waals surface area (Å²) < 4.78 is 15.5. The largest absolute Gasteiger partial charge is 0.374 e. The first-order chi connectivity index (χ1) is 9.69. The molecular weight excluding hydrogens is 257 g/mol. The highest BCUT2D eigenvalue weighted by atomic mass is 19.1. The Balaban J connectivity index is 1.94. The fourth-order valence-electron chi connectivity index (χ4n) is 2.55. The Morgan fingerprint density at radius 1 is 1.50 bits per heavy atom. The maximum absolute atomic E-state index is 13.6. The lowest BCUT2D eigenvalue weighted by Gasteiger charge is -2.24. The molecule has 5 nitrogen and oxygen atoms in total. The quantitative estimate of drug-likeness (QED) is 0.911. The molecule has 2 aromatic rings. The minimum absolute atomic E-state index is 0.0425. The minimum atomic E-state index is -0.508. The number of nitrogens with zero attached hydrogens (tertiary/aromatic N) is 4. The standard InChI is InChI=1S/C14H14FN5/c1-9-17-14-13(6-3-7-20(14)19-9)18-12-5-2-4-11(15)10(12)8-16/h2,4-5,13,18H,3,6-7H2,1H3. The first kappa shape index (κ1) is 12.6. The number of halogens is 1. The molecule has 0 aliphatic carbocycles.